The largest absolute Gasteiger partial charge is 0.490 e. The van der Waals surface area contributed by atoms with Gasteiger partial charge in [-0.15, -0.1) is 22.7 Å². The number of carboxylic acids is 1. The number of nitrogens with one attached hydrogen (secondary N) is 2. The van der Waals surface area contributed by atoms with Gasteiger partial charge in [0.05, 0.1) is 22.5 Å². The molecule has 176 valence electrons. The number of hydrogen-bond donors (Lipinski definition) is 3. The number of piperidine rings is 2. The predicted molar refractivity (Wildman–Crippen MR) is 121 cm³/mol. The summed E-state index contributed by atoms with van der Waals surface area (Å²) in [5.41, 5.74) is 1.83. The molecule has 0 aromatic carbocycles. The Morgan fingerprint density at radius 2 is 2.03 bits per heavy atom. The van der Waals surface area contributed by atoms with Crippen LogP contribution in [0, 0.1) is 0 Å². The van der Waals surface area contributed by atoms with Gasteiger partial charge in [0.2, 0.25) is 0 Å². The van der Waals surface area contributed by atoms with E-state index in [1.807, 2.05) is 17.0 Å². The van der Waals surface area contributed by atoms with Gasteiger partial charge in [0, 0.05) is 41.3 Å². The summed E-state index contributed by atoms with van der Waals surface area (Å²) >= 11 is 8.97. The van der Waals surface area contributed by atoms with Gasteiger partial charge in [-0.25, -0.2) is 14.8 Å². The van der Waals surface area contributed by atoms with Crippen molar-refractivity contribution >= 4 is 68.0 Å². The Kier molecular flexibility index (Phi) is 6.75. The highest BCUT2D eigenvalue weighted by atomic mass is 35.5. The quantitative estimate of drug-likeness (QED) is 0.475. The Labute approximate surface area is 198 Å². The second kappa shape index (κ2) is 9.41. The number of carboxylic acid groups (broad SMARTS) is 1. The van der Waals surface area contributed by atoms with Gasteiger partial charge in [0.25, 0.3) is 5.91 Å². The van der Waals surface area contributed by atoms with Crippen molar-refractivity contribution in [1.82, 2.24) is 15.3 Å². The highest BCUT2D eigenvalue weighted by Crippen LogP contribution is 2.31. The van der Waals surface area contributed by atoms with E-state index in [2.05, 4.69) is 20.5 Å². The van der Waals surface area contributed by atoms with E-state index in [1.54, 1.807) is 5.38 Å². The minimum atomic E-state index is -5.08. The summed E-state index contributed by atoms with van der Waals surface area (Å²) in [5.74, 6) is -2.10. The van der Waals surface area contributed by atoms with Gasteiger partial charge in [-0.05, 0) is 12.8 Å². The van der Waals surface area contributed by atoms with Crippen LogP contribution < -0.4 is 15.5 Å². The predicted octanol–water partition coefficient (Wildman–Crippen LogP) is 4.23. The molecule has 0 saturated carbocycles. The molecule has 2 bridgehead atoms. The minimum absolute atomic E-state index is 0.204. The van der Waals surface area contributed by atoms with Crippen LogP contribution in [-0.4, -0.2) is 58.3 Å². The van der Waals surface area contributed by atoms with E-state index in [-0.39, 0.29) is 5.91 Å². The molecule has 14 heteroatoms. The Morgan fingerprint density at radius 1 is 1.27 bits per heavy atom. The van der Waals surface area contributed by atoms with Crippen molar-refractivity contribution < 1.29 is 27.9 Å². The number of nitrogens with zero attached hydrogens (tertiary/aromatic N) is 3. The standard InChI is InChI=1S/C17H16ClN5OS2.C2HF3O2/c18-12-7-25-8-13(12)21-16(24)11-6-26-17-15(11)22-14(4-20-17)23-5-9-1-2-10(23)3-19-9;3-2(4,5)1(6)7/h4,6-10,19H,1-3,5H2,(H,21,24);(H,6,7)/t9-,10-;/m1./s1. The Bertz CT molecular complexity index is 1180. The van der Waals surface area contributed by atoms with Gasteiger partial charge in [-0.3, -0.25) is 4.79 Å². The maximum Gasteiger partial charge on any atom is 0.490 e. The first-order valence-corrected chi connectivity index (χ1v) is 11.9. The number of thiophene rings is 2. The third-order valence-electron chi connectivity index (χ3n) is 5.26. The van der Waals surface area contributed by atoms with Crippen molar-refractivity contribution in [1.29, 1.82) is 0 Å². The Morgan fingerprint density at radius 3 is 2.58 bits per heavy atom. The molecule has 6 rings (SSSR count). The number of alkyl halides is 3. The molecule has 3 aromatic rings. The Balaban J connectivity index is 0.000000325. The summed E-state index contributed by atoms with van der Waals surface area (Å²) in [4.78, 5) is 34.1. The van der Waals surface area contributed by atoms with Gasteiger partial charge >= 0.3 is 12.1 Å². The van der Waals surface area contributed by atoms with Crippen molar-refractivity contribution in [3.05, 3.63) is 32.9 Å². The fraction of sp³-hybridized carbons (Fsp3) is 0.368. The summed E-state index contributed by atoms with van der Waals surface area (Å²) in [6.07, 6.45) is -0.869. The smallest absolute Gasteiger partial charge is 0.475 e. The molecule has 3 aliphatic heterocycles. The topological polar surface area (TPSA) is 107 Å². The van der Waals surface area contributed by atoms with E-state index in [4.69, 9.17) is 26.5 Å². The summed E-state index contributed by atoms with van der Waals surface area (Å²) in [7, 11) is 0. The van der Waals surface area contributed by atoms with E-state index >= 15 is 0 Å². The minimum Gasteiger partial charge on any atom is -0.475 e. The number of aliphatic carboxylic acids is 1. The van der Waals surface area contributed by atoms with Crippen LogP contribution in [0.5, 0.6) is 0 Å². The number of rotatable bonds is 3. The van der Waals surface area contributed by atoms with E-state index in [0.717, 1.165) is 23.7 Å². The van der Waals surface area contributed by atoms with Crippen LogP contribution >= 0.6 is 34.3 Å². The van der Waals surface area contributed by atoms with Crippen LogP contribution in [-0.2, 0) is 4.79 Å². The lowest BCUT2D eigenvalue weighted by atomic mass is 9.93. The zero-order chi connectivity index (χ0) is 23.8. The van der Waals surface area contributed by atoms with Crippen molar-refractivity contribution in [3.63, 3.8) is 0 Å². The summed E-state index contributed by atoms with van der Waals surface area (Å²) in [5, 5.41) is 19.5. The average Bonchev–Trinajstić information content (AvgIpc) is 3.40. The van der Waals surface area contributed by atoms with Crippen LogP contribution in [0.1, 0.15) is 23.2 Å². The number of aromatic nitrogens is 2. The van der Waals surface area contributed by atoms with Crippen LogP contribution in [0.3, 0.4) is 0 Å². The lowest BCUT2D eigenvalue weighted by Gasteiger charge is -2.46. The molecule has 1 amide bonds. The molecule has 8 nitrogen and oxygen atoms in total. The van der Waals surface area contributed by atoms with E-state index < -0.39 is 12.1 Å². The number of piperazine rings is 1. The zero-order valence-electron chi connectivity index (χ0n) is 16.7. The first-order chi connectivity index (χ1) is 15.6. The number of carbonyl (C=O) groups is 2. The summed E-state index contributed by atoms with van der Waals surface area (Å²) < 4.78 is 31.7. The highest BCUT2D eigenvalue weighted by molar-refractivity contribution is 7.17. The van der Waals surface area contributed by atoms with Gasteiger partial charge in [0.1, 0.15) is 16.2 Å². The van der Waals surface area contributed by atoms with Crippen LogP contribution in [0.25, 0.3) is 10.3 Å². The first-order valence-electron chi connectivity index (χ1n) is 9.71. The SMILES string of the molecule is O=C(Nc1cscc1Cl)c1csc2ncc(N3C[C@H]4CC[C@@H]3CN4)nc12.O=C(O)C(F)(F)F. The third-order valence-corrected chi connectivity index (χ3v) is 7.32. The molecular weight excluding hydrogens is 503 g/mol. The molecule has 3 saturated heterocycles. The lowest BCUT2D eigenvalue weighted by Crippen LogP contribution is -2.61. The number of fused-ring (bicyclic) bond motifs is 4. The van der Waals surface area contributed by atoms with E-state index in [9.17, 15) is 18.0 Å². The average molecular weight is 520 g/mol. The maximum atomic E-state index is 12.7. The molecule has 0 radical (unpaired) electrons. The number of halogens is 4. The van der Waals surface area contributed by atoms with Gasteiger partial charge < -0.3 is 20.6 Å². The van der Waals surface area contributed by atoms with Gasteiger partial charge in [0.15, 0.2) is 0 Å². The van der Waals surface area contributed by atoms with Crippen molar-refractivity contribution in [3.8, 4) is 0 Å². The molecule has 33 heavy (non-hydrogen) atoms. The number of hydrogen-bond acceptors (Lipinski definition) is 8. The van der Waals surface area contributed by atoms with Crippen LogP contribution in [0.2, 0.25) is 5.02 Å². The molecule has 2 atom stereocenters. The molecule has 0 aliphatic carbocycles. The second-order valence-corrected chi connectivity index (χ2v) is 9.42. The van der Waals surface area contributed by atoms with Crippen molar-refractivity contribution in [2.24, 2.45) is 0 Å². The fourth-order valence-corrected chi connectivity index (χ4v) is 5.44. The van der Waals surface area contributed by atoms with Crippen molar-refractivity contribution in [2.75, 3.05) is 23.3 Å². The molecular formula is C19H17ClF3N5O3S2. The Hall–Kier alpha value is -2.48. The lowest BCUT2D eigenvalue weighted by molar-refractivity contribution is -0.192. The number of anilines is 2. The van der Waals surface area contributed by atoms with Crippen LogP contribution in [0.4, 0.5) is 24.7 Å². The van der Waals surface area contributed by atoms with Crippen LogP contribution in [0.15, 0.2) is 22.3 Å². The maximum absolute atomic E-state index is 12.7. The van der Waals surface area contributed by atoms with E-state index in [1.165, 1.54) is 35.5 Å². The number of amides is 1. The second-order valence-electron chi connectivity index (χ2n) is 7.41. The molecule has 0 spiro atoms. The van der Waals surface area contributed by atoms with E-state index in [0.29, 0.717) is 33.9 Å². The monoisotopic (exact) mass is 519 g/mol. The summed E-state index contributed by atoms with van der Waals surface area (Å²) in [6, 6.07) is 0.968. The third kappa shape index (κ3) is 5.21. The molecule has 3 aromatic heterocycles. The zero-order valence-corrected chi connectivity index (χ0v) is 19.1. The summed E-state index contributed by atoms with van der Waals surface area (Å²) in [6.45, 7) is 1.93. The molecule has 3 fully saturated rings. The fourth-order valence-electron chi connectivity index (χ4n) is 3.65. The molecule has 0 unspecified atom stereocenters. The molecule has 3 aliphatic rings. The highest BCUT2D eigenvalue weighted by Gasteiger charge is 2.38. The first kappa shape index (κ1) is 23.7. The van der Waals surface area contributed by atoms with Crippen molar-refractivity contribution in [2.45, 2.75) is 31.1 Å². The molecule has 6 heterocycles. The molecule has 3 N–H and O–H groups in total. The number of carbonyl (C=O) groups excluding carboxylic acids is 1. The van der Waals surface area contributed by atoms with Gasteiger partial charge in [-0.1, -0.05) is 11.6 Å². The van der Waals surface area contributed by atoms with Gasteiger partial charge in [-0.2, -0.15) is 13.2 Å². The normalized spacial score (nSPS) is 19.8.